The molecule has 1 aliphatic heterocycles. The summed E-state index contributed by atoms with van der Waals surface area (Å²) in [6.07, 6.45) is 8.34. The van der Waals surface area contributed by atoms with E-state index >= 15 is 0 Å². The molecule has 4 nitrogen and oxygen atoms in total. The molecule has 168 valence electrons. The summed E-state index contributed by atoms with van der Waals surface area (Å²) in [5.41, 5.74) is 3.64. The van der Waals surface area contributed by atoms with Gasteiger partial charge in [-0.3, -0.25) is 0 Å². The summed E-state index contributed by atoms with van der Waals surface area (Å²) in [5.74, 6) is 0. The van der Waals surface area contributed by atoms with Crippen LogP contribution in [0, 0.1) is 0 Å². The SMILES string of the molecule is CC[n+]1ccc(C=c2sc(=CC=C3[Se]c4ccccc4N3C)c(=O)n2C)c2ccccc21.[I-]. The van der Waals surface area contributed by atoms with E-state index in [2.05, 4.69) is 96.4 Å². The van der Waals surface area contributed by atoms with E-state index in [9.17, 15) is 4.79 Å². The largest absolute Gasteiger partial charge is 1.00 e. The molecule has 0 atom stereocenters. The molecule has 33 heavy (non-hydrogen) atoms. The topological polar surface area (TPSA) is 29.1 Å². The number of hydrogen-bond acceptors (Lipinski definition) is 3. The van der Waals surface area contributed by atoms with Crippen LogP contribution < -0.4 is 52.7 Å². The number of aromatic nitrogens is 2. The van der Waals surface area contributed by atoms with Crippen LogP contribution in [0.2, 0.25) is 0 Å². The average Bonchev–Trinajstić information content (AvgIpc) is 3.29. The second-order valence-corrected chi connectivity index (χ2v) is 11.0. The average molecular weight is 632 g/mol. The van der Waals surface area contributed by atoms with E-state index < -0.39 is 0 Å². The smallest absolute Gasteiger partial charge is 1.00 e. The number of aryl methyl sites for hydroxylation is 1. The molecule has 4 aromatic rings. The van der Waals surface area contributed by atoms with Crippen LogP contribution in [-0.4, -0.2) is 26.6 Å². The van der Waals surface area contributed by atoms with Gasteiger partial charge in [0, 0.05) is 0 Å². The number of para-hydroxylation sites is 2. The Kier molecular flexibility index (Phi) is 7.24. The monoisotopic (exact) mass is 633 g/mol. The van der Waals surface area contributed by atoms with E-state index in [0.29, 0.717) is 0 Å². The molecule has 0 radical (unpaired) electrons. The van der Waals surface area contributed by atoms with E-state index in [0.717, 1.165) is 21.3 Å². The predicted molar refractivity (Wildman–Crippen MR) is 135 cm³/mol. The summed E-state index contributed by atoms with van der Waals surface area (Å²) in [5, 5.41) is 1.19. The molecule has 0 spiro atoms. The number of allylic oxidation sites excluding steroid dienone is 1. The molecule has 0 unspecified atom stereocenters. The van der Waals surface area contributed by atoms with Crippen molar-refractivity contribution in [2.75, 3.05) is 11.9 Å². The van der Waals surface area contributed by atoms with Crippen LogP contribution in [0.1, 0.15) is 12.5 Å². The van der Waals surface area contributed by atoms with Crippen LogP contribution in [0.15, 0.2) is 76.3 Å². The van der Waals surface area contributed by atoms with Gasteiger partial charge in [-0.1, -0.05) is 0 Å². The zero-order chi connectivity index (χ0) is 22.2. The van der Waals surface area contributed by atoms with Crippen molar-refractivity contribution in [1.82, 2.24) is 4.57 Å². The number of hydrogen-bond donors (Lipinski definition) is 0. The Morgan fingerprint density at radius 1 is 1.03 bits per heavy atom. The molecular weight excluding hydrogens is 608 g/mol. The molecule has 7 heteroatoms. The van der Waals surface area contributed by atoms with Crippen LogP contribution >= 0.6 is 11.3 Å². The van der Waals surface area contributed by atoms with Crippen LogP contribution in [0.25, 0.3) is 23.1 Å². The minimum absolute atomic E-state index is 0. The Balaban J connectivity index is 0.00000259. The Labute approximate surface area is 220 Å². The van der Waals surface area contributed by atoms with Gasteiger partial charge in [-0.2, -0.15) is 0 Å². The van der Waals surface area contributed by atoms with E-state index in [1.165, 1.54) is 25.6 Å². The van der Waals surface area contributed by atoms with Crippen molar-refractivity contribution >= 4 is 59.5 Å². The standard InChI is InChI=1S/C26H24N3OSSe.HI/c1-4-29-16-15-18(19-9-5-6-10-20(19)29)17-24-28(3)26(30)22(31-24)13-14-25-27(2)21-11-7-8-12-23(21)32-25;/h5-17H,4H2,1-3H3;1H/q+1;/p-1. The Hall–Kier alpha value is -2.19. The first-order valence-electron chi connectivity index (χ1n) is 10.6. The van der Waals surface area contributed by atoms with Gasteiger partial charge in [0.25, 0.3) is 0 Å². The molecule has 0 N–H and O–H groups in total. The fourth-order valence-electron chi connectivity index (χ4n) is 3.98. The van der Waals surface area contributed by atoms with Crippen LogP contribution in [0.4, 0.5) is 5.69 Å². The molecule has 0 bridgehead atoms. The van der Waals surface area contributed by atoms with Crippen molar-refractivity contribution in [2.24, 2.45) is 7.05 Å². The minimum Gasteiger partial charge on any atom is -1.00 e. The van der Waals surface area contributed by atoms with Gasteiger partial charge in [0.05, 0.1) is 0 Å². The maximum absolute atomic E-state index is 12.9. The first kappa shape index (κ1) is 24.0. The first-order valence-corrected chi connectivity index (χ1v) is 13.1. The number of rotatable bonds is 3. The number of pyridine rings is 1. The quantitative estimate of drug-likeness (QED) is 0.162. The third-order valence-corrected chi connectivity index (χ3v) is 9.40. The zero-order valence-corrected chi connectivity index (χ0v) is 23.3. The Bertz CT molecular complexity index is 1550. The summed E-state index contributed by atoms with van der Waals surface area (Å²) in [4.78, 5) is 15.2. The van der Waals surface area contributed by atoms with E-state index in [1.54, 1.807) is 15.9 Å². The van der Waals surface area contributed by atoms with Crippen molar-refractivity contribution in [3.05, 3.63) is 96.6 Å². The fraction of sp³-hybridized carbons (Fsp3) is 0.154. The molecule has 2 aromatic heterocycles. The number of halogens is 1. The van der Waals surface area contributed by atoms with Crippen molar-refractivity contribution in [3.8, 4) is 0 Å². The predicted octanol–water partition coefficient (Wildman–Crippen LogP) is -1.16. The van der Waals surface area contributed by atoms with E-state index in [1.807, 2.05) is 13.1 Å². The molecule has 2 aromatic carbocycles. The van der Waals surface area contributed by atoms with E-state index in [4.69, 9.17) is 0 Å². The maximum atomic E-state index is 12.9. The maximum Gasteiger partial charge on any atom is -1.00 e. The molecule has 5 rings (SSSR count). The molecular formula is C26H24IN3OSSe. The third-order valence-electron chi connectivity index (χ3n) is 5.79. The van der Waals surface area contributed by atoms with Gasteiger partial charge < -0.3 is 24.0 Å². The zero-order valence-electron chi connectivity index (χ0n) is 18.7. The number of nitrogens with zero attached hydrogens (tertiary/aromatic N) is 3. The summed E-state index contributed by atoms with van der Waals surface area (Å²) in [6, 6.07) is 19.1. The summed E-state index contributed by atoms with van der Waals surface area (Å²) in [6.45, 7) is 3.07. The van der Waals surface area contributed by atoms with E-state index in [-0.39, 0.29) is 44.5 Å². The summed E-state index contributed by atoms with van der Waals surface area (Å²) >= 11 is 1.81. The Morgan fingerprint density at radius 2 is 1.79 bits per heavy atom. The van der Waals surface area contributed by atoms with Gasteiger partial charge in [-0.25, -0.2) is 0 Å². The molecule has 0 amide bonds. The van der Waals surface area contributed by atoms with Gasteiger partial charge in [-0.05, 0) is 6.92 Å². The fourth-order valence-corrected chi connectivity index (χ4v) is 7.18. The molecule has 3 heterocycles. The molecule has 0 saturated heterocycles. The number of thiazole rings is 1. The van der Waals surface area contributed by atoms with Crippen molar-refractivity contribution in [2.45, 2.75) is 13.5 Å². The third kappa shape index (κ3) is 4.47. The van der Waals surface area contributed by atoms with Gasteiger partial charge in [0.15, 0.2) is 0 Å². The van der Waals surface area contributed by atoms with Gasteiger partial charge >= 0.3 is 191 Å². The van der Waals surface area contributed by atoms with Crippen molar-refractivity contribution in [1.29, 1.82) is 0 Å². The Morgan fingerprint density at radius 3 is 2.58 bits per heavy atom. The second-order valence-electron chi connectivity index (χ2n) is 7.69. The summed E-state index contributed by atoms with van der Waals surface area (Å²) < 4.78 is 8.35. The van der Waals surface area contributed by atoms with Crippen LogP contribution in [-0.2, 0) is 13.6 Å². The van der Waals surface area contributed by atoms with Crippen LogP contribution in [0.5, 0.6) is 0 Å². The molecule has 1 aliphatic rings. The van der Waals surface area contributed by atoms with Gasteiger partial charge in [0.2, 0.25) is 0 Å². The van der Waals surface area contributed by atoms with Crippen molar-refractivity contribution in [3.63, 3.8) is 0 Å². The second kappa shape index (κ2) is 9.97. The van der Waals surface area contributed by atoms with Crippen molar-refractivity contribution < 1.29 is 28.5 Å². The molecule has 0 fully saturated rings. The number of fused-ring (bicyclic) bond motifs is 2. The molecule has 0 aliphatic carbocycles. The van der Waals surface area contributed by atoms with Gasteiger partial charge in [-0.15, -0.1) is 0 Å². The number of anilines is 1. The summed E-state index contributed by atoms with van der Waals surface area (Å²) in [7, 11) is 3.95. The normalized spacial score (nSPS) is 15.4. The minimum atomic E-state index is 0. The molecule has 0 saturated carbocycles. The number of benzene rings is 2. The first-order chi connectivity index (χ1) is 15.6. The van der Waals surface area contributed by atoms with Gasteiger partial charge in [0.1, 0.15) is 0 Å². The van der Waals surface area contributed by atoms with Crippen LogP contribution in [0.3, 0.4) is 0 Å².